The quantitative estimate of drug-likeness (QED) is 0.502. The van der Waals surface area contributed by atoms with Gasteiger partial charge in [-0.2, -0.15) is 13.2 Å². The summed E-state index contributed by atoms with van der Waals surface area (Å²) in [5, 5.41) is 11.7. The predicted molar refractivity (Wildman–Crippen MR) is 98.8 cm³/mol. The molecule has 1 aliphatic heterocycles. The van der Waals surface area contributed by atoms with Gasteiger partial charge in [0, 0.05) is 18.3 Å². The number of esters is 2. The largest absolute Gasteiger partial charge is 0.466 e. The number of aliphatic hydroxyl groups is 1. The third-order valence-corrected chi connectivity index (χ3v) is 4.19. The molecule has 1 aromatic carbocycles. The minimum absolute atomic E-state index is 0.0812. The van der Waals surface area contributed by atoms with E-state index in [-0.39, 0.29) is 42.2 Å². The first-order valence-corrected chi connectivity index (χ1v) is 8.58. The van der Waals surface area contributed by atoms with Crippen LogP contribution in [0.5, 0.6) is 0 Å². The van der Waals surface area contributed by atoms with E-state index >= 15 is 0 Å². The van der Waals surface area contributed by atoms with Crippen LogP contribution in [0.3, 0.4) is 0 Å². The zero-order chi connectivity index (χ0) is 22.5. The summed E-state index contributed by atoms with van der Waals surface area (Å²) < 4.78 is 48.6. The van der Waals surface area contributed by atoms with E-state index in [1.807, 2.05) is 0 Å². The van der Waals surface area contributed by atoms with E-state index < -0.39 is 29.6 Å². The van der Waals surface area contributed by atoms with Gasteiger partial charge in [-0.25, -0.2) is 9.59 Å². The van der Waals surface area contributed by atoms with Crippen LogP contribution in [0.15, 0.2) is 35.5 Å². The molecule has 0 saturated heterocycles. The van der Waals surface area contributed by atoms with Crippen molar-refractivity contribution in [1.82, 2.24) is 4.90 Å². The van der Waals surface area contributed by atoms with E-state index in [0.29, 0.717) is 0 Å². The van der Waals surface area contributed by atoms with Crippen LogP contribution in [0, 0.1) is 0 Å². The summed E-state index contributed by atoms with van der Waals surface area (Å²) in [5.41, 5.74) is -1.41. The Balaban J connectivity index is 2.53. The van der Waals surface area contributed by atoms with Crippen molar-refractivity contribution in [3.05, 3.63) is 46.7 Å². The second-order valence-corrected chi connectivity index (χ2v) is 6.08. The van der Waals surface area contributed by atoms with E-state index in [1.54, 1.807) is 0 Å². The maximum Gasteiger partial charge on any atom is 0.416 e. The SMILES string of the molecule is COC(=O)C=Cc1ccc(C(F)(F)F)cc1NC1=C(C(=O)OC)CN(CCO)C1=O. The van der Waals surface area contributed by atoms with Crippen molar-refractivity contribution in [2.24, 2.45) is 0 Å². The highest BCUT2D eigenvalue weighted by atomic mass is 19.4. The zero-order valence-electron chi connectivity index (χ0n) is 16.1. The molecular weight excluding hydrogens is 409 g/mol. The van der Waals surface area contributed by atoms with Gasteiger partial charge in [0.2, 0.25) is 0 Å². The van der Waals surface area contributed by atoms with E-state index in [2.05, 4.69) is 14.8 Å². The van der Waals surface area contributed by atoms with Gasteiger partial charge in [-0.15, -0.1) is 0 Å². The molecule has 0 unspecified atom stereocenters. The number of hydrogen-bond acceptors (Lipinski definition) is 7. The summed E-state index contributed by atoms with van der Waals surface area (Å²) in [5.74, 6) is -2.27. The molecule has 2 N–H and O–H groups in total. The van der Waals surface area contributed by atoms with Crippen LogP contribution in [0.1, 0.15) is 11.1 Å². The standard InChI is InChI=1S/C19H19F3N2O6/c1-29-15(26)6-4-11-3-5-12(19(20,21)22)9-14(11)23-16-13(18(28)30-2)10-24(7-8-25)17(16)27/h3-6,9,23,25H,7-8,10H2,1-2H3. The Morgan fingerprint density at radius 2 is 1.97 bits per heavy atom. The van der Waals surface area contributed by atoms with Gasteiger partial charge in [-0.05, 0) is 23.8 Å². The third kappa shape index (κ3) is 5.17. The van der Waals surface area contributed by atoms with Crippen LogP contribution in [0.2, 0.25) is 0 Å². The van der Waals surface area contributed by atoms with Crippen molar-refractivity contribution in [3.63, 3.8) is 0 Å². The predicted octanol–water partition coefficient (Wildman–Crippen LogP) is 1.57. The Labute approximate surface area is 169 Å². The first-order chi connectivity index (χ1) is 14.1. The van der Waals surface area contributed by atoms with E-state index in [4.69, 9.17) is 5.11 Å². The number of nitrogens with one attached hydrogen (secondary N) is 1. The molecule has 0 spiro atoms. The smallest absolute Gasteiger partial charge is 0.416 e. The lowest BCUT2D eigenvalue weighted by molar-refractivity contribution is -0.138. The molecule has 8 nitrogen and oxygen atoms in total. The lowest BCUT2D eigenvalue weighted by atomic mass is 10.1. The molecule has 30 heavy (non-hydrogen) atoms. The van der Waals surface area contributed by atoms with Crippen molar-refractivity contribution in [2.75, 3.05) is 39.2 Å². The van der Waals surface area contributed by atoms with Gasteiger partial charge >= 0.3 is 18.1 Å². The van der Waals surface area contributed by atoms with Gasteiger partial charge in [0.05, 0.1) is 38.5 Å². The zero-order valence-corrected chi connectivity index (χ0v) is 16.1. The Morgan fingerprint density at radius 3 is 2.53 bits per heavy atom. The number of ether oxygens (including phenoxy) is 2. The summed E-state index contributed by atoms with van der Waals surface area (Å²) in [6.45, 7) is -0.632. The fraction of sp³-hybridized carbons (Fsp3) is 0.316. The lowest BCUT2D eigenvalue weighted by Crippen LogP contribution is -2.31. The number of β-amino-alcohol motifs (C(OH)–C–C–N with tert-alkyl or cyclic N) is 1. The molecular formula is C19H19F3N2O6. The van der Waals surface area contributed by atoms with Gasteiger partial charge < -0.3 is 24.8 Å². The Kier molecular flexibility index (Phi) is 7.22. The second-order valence-electron chi connectivity index (χ2n) is 6.08. The molecule has 11 heteroatoms. The molecule has 1 heterocycles. The van der Waals surface area contributed by atoms with Crippen molar-refractivity contribution in [3.8, 4) is 0 Å². The fourth-order valence-corrected chi connectivity index (χ4v) is 2.70. The number of benzene rings is 1. The summed E-state index contributed by atoms with van der Waals surface area (Å²) >= 11 is 0. The monoisotopic (exact) mass is 428 g/mol. The van der Waals surface area contributed by atoms with Gasteiger partial charge in [-0.3, -0.25) is 4.79 Å². The van der Waals surface area contributed by atoms with Crippen LogP contribution in [-0.2, 0) is 30.0 Å². The summed E-state index contributed by atoms with van der Waals surface area (Å²) in [6, 6.07) is 2.67. The Hall–Kier alpha value is -3.34. The molecule has 0 atom stereocenters. The number of nitrogens with zero attached hydrogens (tertiary/aromatic N) is 1. The number of methoxy groups -OCH3 is 2. The van der Waals surface area contributed by atoms with Crippen molar-refractivity contribution in [1.29, 1.82) is 0 Å². The maximum absolute atomic E-state index is 13.2. The highest BCUT2D eigenvalue weighted by Crippen LogP contribution is 2.34. The number of alkyl halides is 3. The van der Waals surface area contributed by atoms with Gasteiger partial charge in [-0.1, -0.05) is 6.07 Å². The third-order valence-electron chi connectivity index (χ3n) is 4.19. The van der Waals surface area contributed by atoms with Crippen LogP contribution in [-0.4, -0.2) is 61.8 Å². The number of anilines is 1. The minimum atomic E-state index is -4.66. The van der Waals surface area contributed by atoms with Crippen molar-refractivity contribution < 1.29 is 42.1 Å². The molecule has 1 aliphatic rings. The highest BCUT2D eigenvalue weighted by molar-refractivity contribution is 6.08. The number of aliphatic hydroxyl groups excluding tert-OH is 1. The number of rotatable bonds is 7. The summed E-state index contributed by atoms with van der Waals surface area (Å²) in [6.07, 6.45) is -2.46. The number of amides is 1. The maximum atomic E-state index is 13.2. The number of hydrogen-bond donors (Lipinski definition) is 2. The van der Waals surface area contributed by atoms with Gasteiger partial charge in [0.25, 0.3) is 5.91 Å². The van der Waals surface area contributed by atoms with Crippen LogP contribution < -0.4 is 5.32 Å². The molecule has 0 bridgehead atoms. The highest BCUT2D eigenvalue weighted by Gasteiger charge is 2.35. The molecule has 2 rings (SSSR count). The summed E-state index contributed by atoms with van der Waals surface area (Å²) in [7, 11) is 2.24. The average Bonchev–Trinajstić information content (AvgIpc) is 3.01. The first-order valence-electron chi connectivity index (χ1n) is 8.58. The van der Waals surface area contributed by atoms with E-state index in [9.17, 15) is 27.6 Å². The molecule has 0 fully saturated rings. The Bertz CT molecular complexity index is 908. The molecule has 1 amide bonds. The molecule has 1 aromatic rings. The van der Waals surface area contributed by atoms with Crippen LogP contribution in [0.25, 0.3) is 6.08 Å². The van der Waals surface area contributed by atoms with Crippen LogP contribution >= 0.6 is 0 Å². The molecule has 0 saturated carbocycles. The van der Waals surface area contributed by atoms with Crippen LogP contribution in [0.4, 0.5) is 18.9 Å². The van der Waals surface area contributed by atoms with Gasteiger partial charge in [0.15, 0.2) is 0 Å². The fourth-order valence-electron chi connectivity index (χ4n) is 2.70. The number of halogens is 3. The molecule has 0 aliphatic carbocycles. The van der Waals surface area contributed by atoms with E-state index in [0.717, 1.165) is 43.4 Å². The second kappa shape index (κ2) is 9.44. The van der Waals surface area contributed by atoms with Crippen molar-refractivity contribution >= 4 is 29.6 Å². The van der Waals surface area contributed by atoms with E-state index in [1.165, 1.54) is 6.08 Å². The molecule has 162 valence electrons. The normalized spacial score (nSPS) is 14.5. The lowest BCUT2D eigenvalue weighted by Gasteiger charge is -2.16. The summed E-state index contributed by atoms with van der Waals surface area (Å²) in [4.78, 5) is 37.2. The average molecular weight is 428 g/mol. The number of carbonyl (C=O) groups is 3. The molecule has 0 aromatic heterocycles. The number of carbonyl (C=O) groups excluding carboxylic acids is 3. The minimum Gasteiger partial charge on any atom is -0.466 e. The van der Waals surface area contributed by atoms with Gasteiger partial charge in [0.1, 0.15) is 5.70 Å². The van der Waals surface area contributed by atoms with Crippen molar-refractivity contribution in [2.45, 2.75) is 6.18 Å². The topological polar surface area (TPSA) is 105 Å². The first kappa shape index (κ1) is 22.9. The Morgan fingerprint density at radius 1 is 1.27 bits per heavy atom. The molecule has 0 radical (unpaired) electrons.